The Balaban J connectivity index is 1.80. The van der Waals surface area contributed by atoms with Crippen molar-refractivity contribution < 1.29 is 17.9 Å². The van der Waals surface area contributed by atoms with Gasteiger partial charge in [-0.25, -0.2) is 0 Å². The van der Waals surface area contributed by atoms with E-state index in [1.165, 1.54) is 37.4 Å². The van der Waals surface area contributed by atoms with Crippen LogP contribution in [-0.4, -0.2) is 31.6 Å². The lowest BCUT2D eigenvalue weighted by atomic mass is 10.2. The summed E-state index contributed by atoms with van der Waals surface area (Å²) in [6.07, 6.45) is 0. The third-order valence-electron chi connectivity index (χ3n) is 3.44. The van der Waals surface area contributed by atoms with E-state index in [4.69, 9.17) is 39.5 Å². The largest absolute Gasteiger partial charge is 0.495 e. The minimum absolute atomic E-state index is 0.0283. The van der Waals surface area contributed by atoms with Gasteiger partial charge in [0, 0.05) is 10.0 Å². The van der Waals surface area contributed by atoms with Crippen molar-refractivity contribution in [1.29, 1.82) is 0 Å². The normalized spacial score (nSPS) is 11.2. The zero-order valence-electron chi connectivity index (χ0n) is 14.4. The molecule has 29 heavy (non-hydrogen) atoms. The summed E-state index contributed by atoms with van der Waals surface area (Å²) in [5, 5.41) is 10.6. The van der Waals surface area contributed by atoms with Crippen LogP contribution in [0.5, 0.6) is 5.75 Å². The molecule has 152 valence electrons. The number of sulfonamides is 1. The van der Waals surface area contributed by atoms with Crippen molar-refractivity contribution in [2.45, 2.75) is 4.34 Å². The van der Waals surface area contributed by atoms with E-state index in [9.17, 15) is 13.2 Å². The summed E-state index contributed by atoms with van der Waals surface area (Å²) < 4.78 is 32.3. The third-order valence-corrected chi connectivity index (χ3v) is 6.79. The number of carbonyl (C=O) groups is 1. The second-order valence-corrected chi connectivity index (χ2v) is 9.52. The molecule has 3 aromatic rings. The van der Waals surface area contributed by atoms with Crippen LogP contribution in [0.1, 0.15) is 10.4 Å². The number of hydrogen-bond donors (Lipinski definition) is 2. The van der Waals surface area contributed by atoms with Crippen molar-refractivity contribution in [2.24, 2.45) is 0 Å². The molecule has 0 aliphatic heterocycles. The van der Waals surface area contributed by atoms with Crippen LogP contribution in [0.4, 0.5) is 10.8 Å². The molecule has 0 aliphatic rings. The number of nitrogens with one attached hydrogen (secondary N) is 2. The van der Waals surface area contributed by atoms with Gasteiger partial charge in [0.1, 0.15) is 5.75 Å². The summed E-state index contributed by atoms with van der Waals surface area (Å²) in [6, 6.07) is 8.81. The molecule has 0 atom stereocenters. The molecule has 0 saturated heterocycles. The Hall–Kier alpha value is -2.11. The Morgan fingerprint density at radius 2 is 1.76 bits per heavy atom. The predicted molar refractivity (Wildman–Crippen MR) is 113 cm³/mol. The predicted octanol–water partition coefficient (Wildman–Crippen LogP) is 4.56. The maximum Gasteiger partial charge on any atom is 0.291 e. The average Bonchev–Trinajstić information content (AvgIpc) is 3.11. The summed E-state index contributed by atoms with van der Waals surface area (Å²) in [5.41, 5.74) is 0.284. The van der Waals surface area contributed by atoms with Crippen LogP contribution in [0, 0.1) is 0 Å². The lowest BCUT2D eigenvalue weighted by Gasteiger charge is -2.10. The van der Waals surface area contributed by atoms with Crippen molar-refractivity contribution in [1.82, 2.24) is 10.2 Å². The lowest BCUT2D eigenvalue weighted by Crippen LogP contribution is -2.13. The molecule has 8 nitrogen and oxygen atoms in total. The van der Waals surface area contributed by atoms with Crippen molar-refractivity contribution in [3.05, 3.63) is 57.0 Å². The molecular formula is C16H11Cl3N4O4S2. The van der Waals surface area contributed by atoms with Crippen LogP contribution in [0.25, 0.3) is 0 Å². The number of nitrogens with zero attached hydrogens (tertiary/aromatic N) is 2. The molecule has 1 heterocycles. The fourth-order valence-corrected chi connectivity index (χ4v) is 4.78. The maximum atomic E-state index is 12.6. The number of aromatic nitrogens is 2. The van der Waals surface area contributed by atoms with E-state index in [0.717, 1.165) is 0 Å². The molecule has 1 amide bonds. The highest BCUT2D eigenvalue weighted by Crippen LogP contribution is 2.31. The summed E-state index contributed by atoms with van der Waals surface area (Å²) in [6.45, 7) is 0. The van der Waals surface area contributed by atoms with Crippen molar-refractivity contribution in [3.63, 3.8) is 0 Å². The second-order valence-electron chi connectivity index (χ2n) is 5.40. The van der Waals surface area contributed by atoms with Crippen molar-refractivity contribution in [3.8, 4) is 5.75 Å². The highest BCUT2D eigenvalue weighted by Gasteiger charge is 2.23. The van der Waals surface area contributed by atoms with E-state index in [1.807, 2.05) is 0 Å². The molecule has 1 aromatic heterocycles. The molecule has 0 bridgehead atoms. The van der Waals surface area contributed by atoms with Gasteiger partial charge < -0.3 is 4.74 Å². The highest BCUT2D eigenvalue weighted by molar-refractivity contribution is 7.94. The zero-order valence-corrected chi connectivity index (χ0v) is 18.3. The van der Waals surface area contributed by atoms with Gasteiger partial charge in [0.15, 0.2) is 0 Å². The van der Waals surface area contributed by atoms with Crippen molar-refractivity contribution >= 4 is 72.9 Å². The van der Waals surface area contributed by atoms with Gasteiger partial charge in [0.25, 0.3) is 20.3 Å². The van der Waals surface area contributed by atoms with E-state index < -0.39 is 15.9 Å². The van der Waals surface area contributed by atoms with E-state index in [0.29, 0.717) is 21.4 Å². The molecule has 0 aliphatic carbocycles. The standard InChI is InChI=1S/C16H11Cl3N4O4S2/c1-27-13-5-3-9(18)7-12(13)23-29(25,26)16-22-21-15(28-16)20-14(24)10-4-2-8(17)6-11(10)19/h2-7,23H,1H3,(H,20,21,24). The molecule has 13 heteroatoms. The first-order valence-electron chi connectivity index (χ1n) is 7.66. The molecular weight excluding hydrogens is 483 g/mol. The van der Waals surface area contributed by atoms with Crippen LogP contribution in [0.3, 0.4) is 0 Å². The smallest absolute Gasteiger partial charge is 0.291 e. The van der Waals surface area contributed by atoms with Gasteiger partial charge in [-0.05, 0) is 36.4 Å². The summed E-state index contributed by atoms with van der Waals surface area (Å²) in [7, 11) is -2.70. The van der Waals surface area contributed by atoms with Gasteiger partial charge >= 0.3 is 0 Å². The Kier molecular flexibility index (Phi) is 6.49. The molecule has 0 spiro atoms. The Bertz CT molecular complexity index is 1180. The number of amides is 1. The maximum absolute atomic E-state index is 12.6. The molecule has 0 saturated carbocycles. The molecule has 0 unspecified atom stereocenters. The number of carbonyl (C=O) groups excluding carboxylic acids is 1. The van der Waals surface area contributed by atoms with Gasteiger partial charge in [-0.1, -0.05) is 46.1 Å². The van der Waals surface area contributed by atoms with E-state index >= 15 is 0 Å². The van der Waals surface area contributed by atoms with E-state index in [1.54, 1.807) is 6.07 Å². The van der Waals surface area contributed by atoms with Gasteiger partial charge in [-0.3, -0.25) is 14.8 Å². The van der Waals surface area contributed by atoms with Gasteiger partial charge in [-0.2, -0.15) is 8.42 Å². The van der Waals surface area contributed by atoms with Crippen LogP contribution < -0.4 is 14.8 Å². The Morgan fingerprint density at radius 3 is 2.45 bits per heavy atom. The second kappa shape index (κ2) is 8.72. The van der Waals surface area contributed by atoms with Crippen LogP contribution in [-0.2, 0) is 10.0 Å². The molecule has 0 fully saturated rings. The molecule has 3 rings (SSSR count). The first kappa shape index (κ1) is 21.6. The molecule has 2 N–H and O–H groups in total. The first-order chi connectivity index (χ1) is 13.7. The van der Waals surface area contributed by atoms with Crippen LogP contribution in [0.2, 0.25) is 15.1 Å². The summed E-state index contributed by atoms with van der Waals surface area (Å²) >= 11 is 18.4. The minimum Gasteiger partial charge on any atom is -0.495 e. The van der Waals surface area contributed by atoms with Gasteiger partial charge in [-0.15, -0.1) is 10.2 Å². The number of benzene rings is 2. The Morgan fingerprint density at radius 1 is 1.07 bits per heavy atom. The van der Waals surface area contributed by atoms with Crippen molar-refractivity contribution in [2.75, 3.05) is 17.1 Å². The van der Waals surface area contributed by atoms with Gasteiger partial charge in [0.05, 0.1) is 23.4 Å². The first-order valence-corrected chi connectivity index (χ1v) is 11.1. The Labute approximate surface area is 184 Å². The van der Waals surface area contributed by atoms with E-state index in [2.05, 4.69) is 20.2 Å². The van der Waals surface area contributed by atoms with Crippen LogP contribution >= 0.6 is 46.1 Å². The monoisotopic (exact) mass is 492 g/mol. The fourth-order valence-electron chi connectivity index (χ4n) is 2.16. The quantitative estimate of drug-likeness (QED) is 0.487. The summed E-state index contributed by atoms with van der Waals surface area (Å²) in [5.74, 6) is -0.315. The minimum atomic E-state index is -4.09. The number of halogens is 3. The summed E-state index contributed by atoms with van der Waals surface area (Å²) in [4.78, 5) is 12.3. The molecule has 0 radical (unpaired) electrons. The number of rotatable bonds is 6. The van der Waals surface area contributed by atoms with E-state index in [-0.39, 0.29) is 31.5 Å². The van der Waals surface area contributed by atoms with Crippen LogP contribution in [0.15, 0.2) is 40.7 Å². The lowest BCUT2D eigenvalue weighted by molar-refractivity contribution is 0.102. The number of methoxy groups -OCH3 is 1. The zero-order chi connectivity index (χ0) is 21.2. The topological polar surface area (TPSA) is 110 Å². The number of anilines is 2. The number of ether oxygens (including phenoxy) is 1. The highest BCUT2D eigenvalue weighted by atomic mass is 35.5. The average molecular weight is 494 g/mol. The van der Waals surface area contributed by atoms with Gasteiger partial charge in [0.2, 0.25) is 5.13 Å². The molecule has 2 aromatic carbocycles. The third kappa shape index (κ3) is 5.09. The SMILES string of the molecule is COc1ccc(Cl)cc1NS(=O)(=O)c1nnc(NC(=O)c2ccc(Cl)cc2Cl)s1. The number of hydrogen-bond acceptors (Lipinski definition) is 7. The fraction of sp³-hybridized carbons (Fsp3) is 0.0625.